The van der Waals surface area contributed by atoms with Crippen LogP contribution in [0.25, 0.3) is 0 Å². The van der Waals surface area contributed by atoms with Crippen LogP contribution in [-0.4, -0.2) is 71.7 Å². The van der Waals surface area contributed by atoms with Crippen molar-refractivity contribution in [3.63, 3.8) is 0 Å². The predicted molar refractivity (Wildman–Crippen MR) is 165 cm³/mol. The van der Waals surface area contributed by atoms with Gasteiger partial charge in [-0.05, 0) is 68.6 Å². The van der Waals surface area contributed by atoms with Gasteiger partial charge in [-0.2, -0.15) is 0 Å². The fourth-order valence-electron chi connectivity index (χ4n) is 6.67. The molecule has 0 spiro atoms. The van der Waals surface area contributed by atoms with Gasteiger partial charge in [-0.1, -0.05) is 76.8 Å². The van der Waals surface area contributed by atoms with E-state index in [1.165, 1.54) is 5.56 Å². The van der Waals surface area contributed by atoms with Crippen LogP contribution in [0.2, 0.25) is 10.0 Å². The number of piperidine rings is 1. The van der Waals surface area contributed by atoms with E-state index < -0.39 is 5.54 Å². The number of piperazine rings is 1. The van der Waals surface area contributed by atoms with Crippen molar-refractivity contribution < 1.29 is 9.59 Å². The zero-order chi connectivity index (χ0) is 29.1. The molecule has 3 aromatic rings. The third-order valence-corrected chi connectivity index (χ3v) is 9.23. The summed E-state index contributed by atoms with van der Waals surface area (Å²) in [4.78, 5) is 34.6. The van der Waals surface area contributed by atoms with Gasteiger partial charge < -0.3 is 10.6 Å². The maximum Gasteiger partial charge on any atom is 0.254 e. The fraction of sp³-hybridized carbons (Fsp3) is 0.394. The average Bonchev–Trinajstić information content (AvgIpc) is 2.97. The van der Waals surface area contributed by atoms with Gasteiger partial charge in [0.2, 0.25) is 0 Å². The largest absolute Gasteiger partial charge is 0.335 e. The van der Waals surface area contributed by atoms with E-state index in [0.29, 0.717) is 28.7 Å². The lowest BCUT2D eigenvalue weighted by Gasteiger charge is -2.54. The predicted octanol–water partition coefficient (Wildman–Crippen LogP) is 5.46. The average molecular weight is 594 g/mol. The monoisotopic (exact) mass is 592 g/mol. The topological polar surface area (TPSA) is 69.9 Å². The highest BCUT2D eigenvalue weighted by Crippen LogP contribution is 2.40. The van der Waals surface area contributed by atoms with Crippen molar-refractivity contribution in [1.82, 2.24) is 14.7 Å². The Morgan fingerprint density at radius 2 is 1.66 bits per heavy atom. The number of ketones is 1. The molecule has 2 unspecified atom stereocenters. The van der Waals surface area contributed by atoms with Crippen LogP contribution in [0.1, 0.15) is 45.5 Å². The summed E-state index contributed by atoms with van der Waals surface area (Å²) in [6.45, 7) is 7.77. The molecule has 2 heterocycles. The zero-order valence-electron chi connectivity index (χ0n) is 23.8. The molecule has 2 aliphatic heterocycles. The van der Waals surface area contributed by atoms with Crippen molar-refractivity contribution in [2.24, 2.45) is 5.73 Å². The lowest BCUT2D eigenvalue weighted by molar-refractivity contribution is -0.139. The maximum atomic E-state index is 14.1. The Labute approximate surface area is 253 Å². The lowest BCUT2D eigenvalue weighted by atomic mass is 9.79. The van der Waals surface area contributed by atoms with E-state index in [0.717, 1.165) is 49.2 Å². The van der Waals surface area contributed by atoms with Gasteiger partial charge in [0.25, 0.3) is 5.91 Å². The number of nitrogens with zero attached hydrogens (tertiary/aromatic N) is 3. The summed E-state index contributed by atoms with van der Waals surface area (Å²) in [5, 5.41) is 0.795. The van der Waals surface area contributed by atoms with Crippen molar-refractivity contribution in [2.75, 3.05) is 39.3 Å². The Kier molecular flexibility index (Phi) is 9.17. The molecule has 5 rings (SSSR count). The molecule has 0 bridgehead atoms. The Bertz CT molecular complexity index is 1400. The minimum atomic E-state index is -1.14. The first-order chi connectivity index (χ1) is 19.7. The van der Waals surface area contributed by atoms with Crippen LogP contribution in [0.3, 0.4) is 0 Å². The summed E-state index contributed by atoms with van der Waals surface area (Å²) < 4.78 is 0. The van der Waals surface area contributed by atoms with Crippen LogP contribution in [0.15, 0.2) is 66.7 Å². The molecule has 0 radical (unpaired) electrons. The molecule has 2 fully saturated rings. The molecule has 0 saturated carbocycles. The summed E-state index contributed by atoms with van der Waals surface area (Å²) in [6, 6.07) is 21.8. The highest BCUT2D eigenvalue weighted by molar-refractivity contribution is 6.42. The normalized spacial score (nSPS) is 22.1. The van der Waals surface area contributed by atoms with Crippen LogP contribution >= 0.6 is 23.2 Å². The van der Waals surface area contributed by atoms with E-state index in [4.69, 9.17) is 28.9 Å². The van der Waals surface area contributed by atoms with Gasteiger partial charge >= 0.3 is 0 Å². The standard InChI is InChI=1S/C33H38Cl2N4O2/c1-23-15-24(2)17-26(16-23)32(41)38-13-14-39(28-9-6-12-37(21-28)20-25-7-4-3-5-8-25)33(22-38,31(40)19-36)27-10-11-29(34)30(35)18-27/h3-5,7-8,10-11,15-18,28H,6,9,12-14,19-22,36H2,1-2H3. The Balaban J connectivity index is 1.53. The number of carbonyl (C=O) groups excluding carboxylic acids is 2. The molecule has 0 aromatic heterocycles. The number of nitrogens with two attached hydrogens (primary N) is 1. The van der Waals surface area contributed by atoms with Crippen molar-refractivity contribution in [3.05, 3.63) is 105 Å². The van der Waals surface area contributed by atoms with E-state index in [1.807, 2.05) is 43.0 Å². The van der Waals surface area contributed by atoms with Gasteiger partial charge in [-0.15, -0.1) is 0 Å². The zero-order valence-corrected chi connectivity index (χ0v) is 25.3. The second kappa shape index (κ2) is 12.6. The molecule has 6 nitrogen and oxygen atoms in total. The molecule has 2 N–H and O–H groups in total. The van der Waals surface area contributed by atoms with Crippen LogP contribution in [-0.2, 0) is 16.9 Å². The van der Waals surface area contributed by atoms with Crippen molar-refractivity contribution in [3.8, 4) is 0 Å². The number of Topliss-reactive ketones (excluding diaryl/α,β-unsaturated/α-hetero) is 1. The molecule has 2 atom stereocenters. The Hall–Kier alpha value is -2.74. The molecule has 216 valence electrons. The van der Waals surface area contributed by atoms with E-state index in [1.54, 1.807) is 12.1 Å². The van der Waals surface area contributed by atoms with Crippen LogP contribution in [0.5, 0.6) is 0 Å². The summed E-state index contributed by atoms with van der Waals surface area (Å²) >= 11 is 12.9. The SMILES string of the molecule is Cc1cc(C)cc(C(=O)N2CCN(C3CCCN(Cc4ccccc4)C3)C(C(=O)CN)(c3ccc(Cl)c(Cl)c3)C2)c1. The van der Waals surface area contributed by atoms with Crippen molar-refractivity contribution in [1.29, 1.82) is 0 Å². The number of rotatable bonds is 7. The highest BCUT2D eigenvalue weighted by atomic mass is 35.5. The number of benzene rings is 3. The third-order valence-electron chi connectivity index (χ3n) is 8.49. The molecular weight excluding hydrogens is 555 g/mol. The van der Waals surface area contributed by atoms with E-state index >= 15 is 0 Å². The van der Waals surface area contributed by atoms with Gasteiger partial charge in [-0.3, -0.25) is 19.4 Å². The van der Waals surface area contributed by atoms with Crippen LogP contribution in [0.4, 0.5) is 0 Å². The van der Waals surface area contributed by atoms with Crippen molar-refractivity contribution >= 4 is 34.9 Å². The number of aryl methyl sites for hydroxylation is 2. The maximum absolute atomic E-state index is 14.1. The molecule has 41 heavy (non-hydrogen) atoms. The first-order valence-corrected chi connectivity index (χ1v) is 15.1. The Morgan fingerprint density at radius 1 is 0.927 bits per heavy atom. The summed E-state index contributed by atoms with van der Waals surface area (Å²) in [5.74, 6) is -0.214. The van der Waals surface area contributed by atoms with Crippen LogP contribution in [0, 0.1) is 13.8 Å². The molecule has 0 aliphatic carbocycles. The van der Waals surface area contributed by atoms with Gasteiger partial charge in [-0.25, -0.2) is 0 Å². The van der Waals surface area contributed by atoms with Gasteiger partial charge in [0.1, 0.15) is 5.54 Å². The molecule has 2 aliphatic rings. The fourth-order valence-corrected chi connectivity index (χ4v) is 6.97. The summed E-state index contributed by atoms with van der Waals surface area (Å²) in [6.07, 6.45) is 1.98. The number of amides is 1. The molecule has 3 aromatic carbocycles. The lowest BCUT2D eigenvalue weighted by Crippen LogP contribution is -2.69. The molecule has 1 amide bonds. The number of carbonyl (C=O) groups is 2. The summed E-state index contributed by atoms with van der Waals surface area (Å²) in [5.41, 5.74) is 9.68. The second-order valence-electron chi connectivity index (χ2n) is 11.4. The van der Waals surface area contributed by atoms with E-state index in [2.05, 4.69) is 40.1 Å². The number of likely N-dealkylation sites (tertiary alicyclic amines) is 1. The Morgan fingerprint density at radius 3 is 2.34 bits per heavy atom. The van der Waals surface area contributed by atoms with Gasteiger partial charge in [0.05, 0.1) is 23.1 Å². The number of hydrogen-bond acceptors (Lipinski definition) is 5. The van der Waals surface area contributed by atoms with Gasteiger partial charge in [0.15, 0.2) is 5.78 Å². The molecule has 2 saturated heterocycles. The number of halogens is 2. The van der Waals surface area contributed by atoms with E-state index in [-0.39, 0.29) is 30.8 Å². The third kappa shape index (κ3) is 6.23. The highest BCUT2D eigenvalue weighted by Gasteiger charge is 2.52. The molecular formula is C33H38Cl2N4O2. The minimum absolute atomic E-state index is 0.0833. The molecule has 8 heteroatoms. The smallest absolute Gasteiger partial charge is 0.254 e. The summed E-state index contributed by atoms with van der Waals surface area (Å²) in [7, 11) is 0. The second-order valence-corrected chi connectivity index (χ2v) is 12.2. The van der Waals surface area contributed by atoms with Crippen molar-refractivity contribution in [2.45, 2.75) is 44.8 Å². The van der Waals surface area contributed by atoms with Crippen LogP contribution < -0.4 is 5.73 Å². The number of hydrogen-bond donors (Lipinski definition) is 1. The minimum Gasteiger partial charge on any atom is -0.335 e. The van der Waals surface area contributed by atoms with Gasteiger partial charge in [0, 0.05) is 37.8 Å². The van der Waals surface area contributed by atoms with E-state index in [9.17, 15) is 9.59 Å². The first-order valence-electron chi connectivity index (χ1n) is 14.3. The quantitative estimate of drug-likeness (QED) is 0.395. The first kappa shape index (κ1) is 29.7.